The summed E-state index contributed by atoms with van der Waals surface area (Å²) >= 11 is 0. The van der Waals surface area contributed by atoms with Gasteiger partial charge in [-0.1, -0.05) is 5.16 Å². The smallest absolute Gasteiger partial charge is 0.236 e. The van der Waals surface area contributed by atoms with Crippen molar-refractivity contribution in [3.63, 3.8) is 0 Å². The number of sulfonamides is 1. The zero-order valence-corrected chi connectivity index (χ0v) is 18.1. The second-order valence-electron chi connectivity index (χ2n) is 8.18. The summed E-state index contributed by atoms with van der Waals surface area (Å²) in [6.45, 7) is 4.49. The van der Waals surface area contributed by atoms with Gasteiger partial charge in [-0.05, 0) is 56.9 Å². The lowest BCUT2D eigenvalue weighted by Crippen LogP contribution is -2.39. The van der Waals surface area contributed by atoms with Crippen LogP contribution in [0, 0.1) is 0 Å². The Morgan fingerprint density at radius 1 is 1.37 bits per heavy atom. The molecule has 30 heavy (non-hydrogen) atoms. The number of hydrogen-bond acceptors (Lipinski definition) is 7. The van der Waals surface area contributed by atoms with Crippen molar-refractivity contribution in [2.45, 2.75) is 51.4 Å². The van der Waals surface area contributed by atoms with Gasteiger partial charge >= 0.3 is 0 Å². The normalized spacial score (nSPS) is 19.1. The van der Waals surface area contributed by atoms with Crippen LogP contribution in [0.5, 0.6) is 5.75 Å². The lowest BCUT2D eigenvalue weighted by molar-refractivity contribution is -0.0963. The number of methoxy groups -OCH3 is 1. The molecule has 9 nitrogen and oxygen atoms in total. The molecular weight excluding hydrogens is 408 g/mol. The number of anilines is 1. The van der Waals surface area contributed by atoms with Crippen LogP contribution in [-0.4, -0.2) is 47.9 Å². The fraction of sp³-hybridized carbons (Fsp3) is 0.500. The summed E-state index contributed by atoms with van der Waals surface area (Å²) in [5.41, 5.74) is 1.02. The minimum absolute atomic E-state index is 0.113. The van der Waals surface area contributed by atoms with Gasteiger partial charge in [0, 0.05) is 12.4 Å². The van der Waals surface area contributed by atoms with E-state index in [0.717, 1.165) is 18.4 Å². The molecule has 0 bridgehead atoms. The monoisotopic (exact) mass is 434 g/mol. The van der Waals surface area contributed by atoms with Gasteiger partial charge in [-0.3, -0.25) is 9.40 Å². The average molecular weight is 435 g/mol. The molecule has 0 saturated carbocycles. The molecule has 0 aliphatic carbocycles. The number of rotatable bonds is 7. The van der Waals surface area contributed by atoms with Gasteiger partial charge in [0.25, 0.3) is 0 Å². The van der Waals surface area contributed by atoms with Gasteiger partial charge in [0.1, 0.15) is 11.1 Å². The highest BCUT2D eigenvalue weighted by atomic mass is 32.2. The molecule has 0 spiro atoms. The van der Waals surface area contributed by atoms with Crippen molar-refractivity contribution in [2.75, 3.05) is 17.6 Å². The molecule has 1 unspecified atom stereocenters. The number of nitrogens with zero attached hydrogens (tertiary/aromatic N) is 3. The Balaban J connectivity index is 1.56. The average Bonchev–Trinajstić information content (AvgIpc) is 3.30. The van der Waals surface area contributed by atoms with Gasteiger partial charge in [-0.2, -0.15) is 5.10 Å². The van der Waals surface area contributed by atoms with Crippen LogP contribution in [-0.2, 0) is 21.3 Å². The zero-order valence-electron chi connectivity index (χ0n) is 17.3. The van der Waals surface area contributed by atoms with E-state index in [1.54, 1.807) is 16.9 Å². The largest absolute Gasteiger partial charge is 0.496 e. The van der Waals surface area contributed by atoms with E-state index in [-0.39, 0.29) is 23.3 Å². The number of hydrogen-bond donors (Lipinski definition) is 1. The fourth-order valence-electron chi connectivity index (χ4n) is 3.87. The molecule has 1 atom stereocenters. The van der Waals surface area contributed by atoms with Crippen molar-refractivity contribution in [1.82, 2.24) is 14.9 Å². The summed E-state index contributed by atoms with van der Waals surface area (Å²) in [7, 11) is -2.17. The summed E-state index contributed by atoms with van der Waals surface area (Å²) in [5.74, 6) is 0.455. The third kappa shape index (κ3) is 4.59. The Bertz CT molecular complexity index is 1120. The molecule has 1 fully saturated rings. The molecule has 1 aliphatic rings. The Morgan fingerprint density at radius 2 is 2.20 bits per heavy atom. The minimum Gasteiger partial charge on any atom is -0.496 e. The van der Waals surface area contributed by atoms with Gasteiger partial charge in [0.15, 0.2) is 11.4 Å². The van der Waals surface area contributed by atoms with E-state index < -0.39 is 10.0 Å². The highest BCUT2D eigenvalue weighted by molar-refractivity contribution is 7.92. The number of aromatic nitrogens is 3. The molecule has 2 aromatic heterocycles. The van der Waals surface area contributed by atoms with Crippen LogP contribution in [0.15, 0.2) is 35.1 Å². The maximum atomic E-state index is 12.8. The van der Waals surface area contributed by atoms with E-state index in [1.807, 2.05) is 32.2 Å². The van der Waals surface area contributed by atoms with Gasteiger partial charge in [-0.15, -0.1) is 0 Å². The molecule has 162 valence electrons. The summed E-state index contributed by atoms with van der Waals surface area (Å²) < 4.78 is 46.7. The first kappa shape index (κ1) is 20.7. The van der Waals surface area contributed by atoms with Gasteiger partial charge in [0.05, 0.1) is 31.1 Å². The van der Waals surface area contributed by atoms with Crippen molar-refractivity contribution in [3.8, 4) is 5.75 Å². The molecule has 3 heterocycles. The lowest BCUT2D eigenvalue weighted by Gasteiger charge is -2.35. The first-order valence-corrected chi connectivity index (χ1v) is 11.5. The quantitative estimate of drug-likeness (QED) is 0.608. The predicted molar refractivity (Wildman–Crippen MR) is 112 cm³/mol. The summed E-state index contributed by atoms with van der Waals surface area (Å²) in [6, 6.07) is 5.47. The second kappa shape index (κ2) is 7.92. The van der Waals surface area contributed by atoms with Crippen LogP contribution in [0.3, 0.4) is 0 Å². The Kier molecular flexibility index (Phi) is 5.46. The van der Waals surface area contributed by atoms with Crippen LogP contribution in [0.4, 0.5) is 5.82 Å². The third-order valence-corrected chi connectivity index (χ3v) is 6.48. The lowest BCUT2D eigenvalue weighted by atomic mass is 9.96. The van der Waals surface area contributed by atoms with Gasteiger partial charge < -0.3 is 14.0 Å². The molecular formula is C20H26N4O5S. The van der Waals surface area contributed by atoms with Crippen LogP contribution in [0.1, 0.15) is 38.7 Å². The van der Waals surface area contributed by atoms with Crippen molar-refractivity contribution < 1.29 is 22.4 Å². The number of fused-ring (bicyclic) bond motifs is 1. The van der Waals surface area contributed by atoms with Crippen LogP contribution in [0.2, 0.25) is 0 Å². The number of benzene rings is 1. The van der Waals surface area contributed by atoms with E-state index in [4.69, 9.17) is 14.0 Å². The maximum Gasteiger partial charge on any atom is 0.236 e. The highest BCUT2D eigenvalue weighted by Crippen LogP contribution is 2.35. The predicted octanol–water partition coefficient (Wildman–Crippen LogP) is 3.17. The Labute approximate surface area is 175 Å². The SMILES string of the molecule is COc1cc(Cn2cccn2)cc2onc(NS(=O)(=O)CC3CCCC(C)(C)O3)c12. The minimum atomic E-state index is -3.69. The molecule has 4 rings (SSSR count). The molecule has 1 aliphatic heterocycles. The summed E-state index contributed by atoms with van der Waals surface area (Å²) in [4.78, 5) is 0. The highest BCUT2D eigenvalue weighted by Gasteiger charge is 2.32. The summed E-state index contributed by atoms with van der Waals surface area (Å²) in [5, 5.41) is 8.61. The first-order chi connectivity index (χ1) is 14.2. The topological polar surface area (TPSA) is 108 Å². The van der Waals surface area contributed by atoms with Crippen LogP contribution >= 0.6 is 0 Å². The molecule has 1 saturated heterocycles. The molecule has 1 N–H and O–H groups in total. The fourth-order valence-corrected chi connectivity index (χ4v) is 5.11. The number of ether oxygens (including phenoxy) is 2. The van der Waals surface area contributed by atoms with Gasteiger partial charge in [-0.25, -0.2) is 8.42 Å². The molecule has 10 heteroatoms. The van der Waals surface area contributed by atoms with Crippen molar-refractivity contribution in [2.24, 2.45) is 0 Å². The van der Waals surface area contributed by atoms with Crippen molar-refractivity contribution in [1.29, 1.82) is 0 Å². The number of nitrogens with one attached hydrogen (secondary N) is 1. The van der Waals surface area contributed by atoms with E-state index in [2.05, 4.69) is 15.0 Å². The Hall–Kier alpha value is -2.59. The van der Waals surface area contributed by atoms with Crippen molar-refractivity contribution >= 4 is 26.8 Å². The molecule has 0 amide bonds. The van der Waals surface area contributed by atoms with E-state index in [1.165, 1.54) is 7.11 Å². The standard InChI is InChI=1S/C20H26N4O5S/c1-20(2)7-4-6-15(28-20)13-30(25,26)23-19-18-16(27-3)10-14(11-17(18)29-22-19)12-24-9-5-8-21-24/h5,8-11,15H,4,6-7,12-13H2,1-3H3,(H,22,23). The van der Waals surface area contributed by atoms with Gasteiger partial charge in [0.2, 0.25) is 10.0 Å². The first-order valence-electron chi connectivity index (χ1n) is 9.87. The summed E-state index contributed by atoms with van der Waals surface area (Å²) in [6.07, 6.45) is 5.77. The second-order valence-corrected chi connectivity index (χ2v) is 9.95. The van der Waals surface area contributed by atoms with E-state index in [9.17, 15) is 8.42 Å². The van der Waals surface area contributed by atoms with Crippen molar-refractivity contribution in [3.05, 3.63) is 36.2 Å². The molecule has 1 aromatic carbocycles. The molecule has 0 radical (unpaired) electrons. The van der Waals surface area contributed by atoms with Crippen LogP contribution < -0.4 is 9.46 Å². The van der Waals surface area contributed by atoms with E-state index >= 15 is 0 Å². The maximum absolute atomic E-state index is 12.8. The Morgan fingerprint density at radius 3 is 2.90 bits per heavy atom. The zero-order chi connectivity index (χ0) is 21.4. The molecule has 3 aromatic rings. The third-order valence-electron chi connectivity index (χ3n) is 5.17. The van der Waals surface area contributed by atoms with Crippen LogP contribution in [0.25, 0.3) is 11.0 Å². The van der Waals surface area contributed by atoms with E-state index in [0.29, 0.717) is 29.7 Å².